The first-order chi connectivity index (χ1) is 9.06. The fourth-order valence-corrected chi connectivity index (χ4v) is 1.79. The first-order valence-electron chi connectivity index (χ1n) is 5.97. The molecule has 1 aromatic carbocycles. The molecule has 0 saturated heterocycles. The van der Waals surface area contributed by atoms with E-state index < -0.39 is 5.82 Å². The molecule has 0 spiro atoms. The van der Waals surface area contributed by atoms with Crippen LogP contribution < -0.4 is 10.6 Å². The van der Waals surface area contributed by atoms with Crippen molar-refractivity contribution < 1.29 is 9.18 Å². The van der Waals surface area contributed by atoms with Gasteiger partial charge in [0, 0.05) is 31.5 Å². The maximum atomic E-state index is 13.5. The van der Waals surface area contributed by atoms with E-state index in [0.717, 1.165) is 11.4 Å². The molecule has 100 valence electrons. The monoisotopic (exact) mass is 261 g/mol. The Labute approximate surface area is 111 Å². The Morgan fingerprint density at radius 1 is 1.37 bits per heavy atom. The lowest BCUT2D eigenvalue weighted by atomic mass is 10.2. The van der Waals surface area contributed by atoms with Crippen LogP contribution in [0.5, 0.6) is 0 Å². The van der Waals surface area contributed by atoms with Gasteiger partial charge >= 0.3 is 0 Å². The first kappa shape index (κ1) is 13.1. The minimum absolute atomic E-state index is 0.185. The summed E-state index contributed by atoms with van der Waals surface area (Å²) in [7, 11) is 1.96. The van der Waals surface area contributed by atoms with Crippen LogP contribution in [0.2, 0.25) is 0 Å². The van der Waals surface area contributed by atoms with E-state index in [0.29, 0.717) is 6.54 Å². The summed E-state index contributed by atoms with van der Waals surface area (Å²) < 4.78 is 15.5. The fourth-order valence-electron chi connectivity index (χ4n) is 1.79. The summed E-state index contributed by atoms with van der Waals surface area (Å²) in [6.07, 6.45) is 1.96. The van der Waals surface area contributed by atoms with E-state index in [2.05, 4.69) is 10.6 Å². The molecule has 0 fully saturated rings. The highest BCUT2D eigenvalue weighted by Gasteiger charge is 2.05. The quantitative estimate of drug-likeness (QED) is 0.889. The molecule has 1 aromatic heterocycles. The third kappa shape index (κ3) is 3.34. The number of benzene rings is 1. The van der Waals surface area contributed by atoms with Crippen molar-refractivity contribution in [3.8, 4) is 0 Å². The molecule has 0 aliphatic carbocycles. The van der Waals surface area contributed by atoms with Gasteiger partial charge in [0.15, 0.2) is 0 Å². The van der Waals surface area contributed by atoms with Crippen LogP contribution >= 0.6 is 0 Å². The van der Waals surface area contributed by atoms with Crippen LogP contribution in [0.4, 0.5) is 15.8 Å². The van der Waals surface area contributed by atoms with Crippen molar-refractivity contribution in [3.05, 3.63) is 48.0 Å². The average Bonchev–Trinajstić information content (AvgIpc) is 2.75. The molecule has 0 aliphatic heterocycles. The van der Waals surface area contributed by atoms with E-state index in [9.17, 15) is 9.18 Å². The molecule has 2 N–H and O–H groups in total. The lowest BCUT2D eigenvalue weighted by molar-refractivity contribution is -0.114. The second kappa shape index (κ2) is 5.56. The van der Waals surface area contributed by atoms with Crippen LogP contribution in [0.3, 0.4) is 0 Å². The Hall–Kier alpha value is -2.30. The van der Waals surface area contributed by atoms with Gasteiger partial charge in [0.1, 0.15) is 5.82 Å². The second-order valence-electron chi connectivity index (χ2n) is 4.34. The molecule has 1 amide bonds. The Morgan fingerprint density at radius 3 is 2.79 bits per heavy atom. The van der Waals surface area contributed by atoms with Crippen LogP contribution in [-0.4, -0.2) is 10.5 Å². The van der Waals surface area contributed by atoms with Gasteiger partial charge in [0.2, 0.25) is 5.91 Å². The zero-order chi connectivity index (χ0) is 13.8. The minimum Gasteiger partial charge on any atom is -0.379 e. The number of amides is 1. The van der Waals surface area contributed by atoms with Gasteiger partial charge in [-0.1, -0.05) is 0 Å². The van der Waals surface area contributed by atoms with Crippen molar-refractivity contribution in [2.75, 3.05) is 10.6 Å². The summed E-state index contributed by atoms with van der Waals surface area (Å²) in [5.41, 5.74) is 2.06. The number of hydrogen-bond acceptors (Lipinski definition) is 2. The SMILES string of the molecule is CC(=O)Nc1cc(NCc2cccn2C)ccc1F. The number of nitrogens with zero attached hydrogens (tertiary/aromatic N) is 1. The van der Waals surface area contributed by atoms with Gasteiger partial charge < -0.3 is 15.2 Å². The lowest BCUT2D eigenvalue weighted by Gasteiger charge is -2.10. The predicted molar refractivity (Wildman–Crippen MR) is 73.4 cm³/mol. The van der Waals surface area contributed by atoms with E-state index in [1.807, 2.05) is 29.9 Å². The number of nitrogens with one attached hydrogen (secondary N) is 2. The molecule has 0 atom stereocenters. The van der Waals surface area contributed by atoms with E-state index in [-0.39, 0.29) is 11.6 Å². The molecule has 19 heavy (non-hydrogen) atoms. The third-order valence-electron chi connectivity index (χ3n) is 2.80. The van der Waals surface area contributed by atoms with E-state index in [1.54, 1.807) is 12.1 Å². The third-order valence-corrected chi connectivity index (χ3v) is 2.80. The summed E-state index contributed by atoms with van der Waals surface area (Å²) in [5.74, 6) is -0.738. The Morgan fingerprint density at radius 2 is 2.16 bits per heavy atom. The molecule has 0 bridgehead atoms. The van der Waals surface area contributed by atoms with Gasteiger partial charge in [-0.2, -0.15) is 0 Å². The van der Waals surface area contributed by atoms with E-state index >= 15 is 0 Å². The summed E-state index contributed by atoms with van der Waals surface area (Å²) in [6.45, 7) is 1.98. The summed E-state index contributed by atoms with van der Waals surface area (Å²) in [6, 6.07) is 8.53. The van der Waals surface area contributed by atoms with Crippen molar-refractivity contribution in [1.29, 1.82) is 0 Å². The van der Waals surface area contributed by atoms with Crippen molar-refractivity contribution in [1.82, 2.24) is 4.57 Å². The van der Waals surface area contributed by atoms with Crippen LogP contribution in [0.15, 0.2) is 36.5 Å². The maximum Gasteiger partial charge on any atom is 0.221 e. The van der Waals surface area contributed by atoms with E-state index in [4.69, 9.17) is 0 Å². The number of carbonyl (C=O) groups is 1. The van der Waals surface area contributed by atoms with E-state index in [1.165, 1.54) is 13.0 Å². The van der Waals surface area contributed by atoms with Crippen LogP contribution in [0.25, 0.3) is 0 Å². The Balaban J connectivity index is 2.08. The smallest absolute Gasteiger partial charge is 0.221 e. The highest BCUT2D eigenvalue weighted by atomic mass is 19.1. The lowest BCUT2D eigenvalue weighted by Crippen LogP contribution is -2.09. The first-order valence-corrected chi connectivity index (χ1v) is 5.97. The number of aromatic nitrogens is 1. The summed E-state index contributed by atoms with van der Waals surface area (Å²) in [4.78, 5) is 11.0. The second-order valence-corrected chi connectivity index (χ2v) is 4.34. The summed E-state index contributed by atoms with van der Waals surface area (Å²) >= 11 is 0. The van der Waals surface area contributed by atoms with Gasteiger partial charge in [-0.3, -0.25) is 4.79 Å². The summed E-state index contributed by atoms with van der Waals surface area (Å²) in [5, 5.41) is 5.65. The largest absolute Gasteiger partial charge is 0.379 e. The Kier molecular flexibility index (Phi) is 3.85. The molecule has 5 heteroatoms. The van der Waals surface area contributed by atoms with Crippen LogP contribution in [-0.2, 0) is 18.4 Å². The molecular formula is C14H16FN3O. The van der Waals surface area contributed by atoms with Gasteiger partial charge in [0.25, 0.3) is 0 Å². The molecule has 1 heterocycles. The predicted octanol–water partition coefficient (Wildman–Crippen LogP) is 2.73. The molecule has 0 saturated carbocycles. The van der Waals surface area contributed by atoms with Crippen molar-refractivity contribution in [2.24, 2.45) is 7.05 Å². The molecule has 2 aromatic rings. The fraction of sp³-hybridized carbons (Fsp3) is 0.214. The van der Waals surface area contributed by atoms with Gasteiger partial charge in [-0.15, -0.1) is 0 Å². The average molecular weight is 261 g/mol. The zero-order valence-corrected chi connectivity index (χ0v) is 10.9. The number of carbonyl (C=O) groups excluding carboxylic acids is 1. The Bertz CT molecular complexity index is 592. The number of anilines is 2. The normalized spacial score (nSPS) is 10.3. The van der Waals surface area contributed by atoms with Gasteiger partial charge in [-0.05, 0) is 30.3 Å². The number of hydrogen-bond donors (Lipinski definition) is 2. The molecule has 4 nitrogen and oxygen atoms in total. The zero-order valence-electron chi connectivity index (χ0n) is 10.9. The van der Waals surface area contributed by atoms with Crippen molar-refractivity contribution in [2.45, 2.75) is 13.5 Å². The highest BCUT2D eigenvalue weighted by molar-refractivity contribution is 5.89. The topological polar surface area (TPSA) is 46.1 Å². The highest BCUT2D eigenvalue weighted by Crippen LogP contribution is 2.20. The van der Waals surface area contributed by atoms with Gasteiger partial charge in [0.05, 0.1) is 12.2 Å². The molecular weight excluding hydrogens is 245 g/mol. The minimum atomic E-state index is -0.445. The van der Waals surface area contributed by atoms with Gasteiger partial charge in [-0.25, -0.2) is 4.39 Å². The molecule has 0 radical (unpaired) electrons. The number of aryl methyl sites for hydroxylation is 1. The van der Waals surface area contributed by atoms with Crippen LogP contribution in [0, 0.1) is 5.82 Å². The molecule has 0 unspecified atom stereocenters. The maximum absolute atomic E-state index is 13.5. The number of halogens is 1. The molecule has 2 rings (SSSR count). The standard InChI is InChI=1S/C14H16FN3O/c1-10(19)17-14-8-11(5-6-13(14)15)16-9-12-4-3-7-18(12)2/h3-8,16H,9H2,1-2H3,(H,17,19). The molecule has 0 aliphatic rings. The van der Waals surface area contributed by atoms with Crippen LogP contribution in [0.1, 0.15) is 12.6 Å². The number of rotatable bonds is 4. The van der Waals surface area contributed by atoms with Crippen molar-refractivity contribution >= 4 is 17.3 Å². The van der Waals surface area contributed by atoms with Crippen molar-refractivity contribution in [3.63, 3.8) is 0 Å².